The van der Waals surface area contributed by atoms with Crippen molar-refractivity contribution in [3.05, 3.63) is 81.7 Å². The Balaban J connectivity index is 1.25. The minimum atomic E-state index is -0.803. The van der Waals surface area contributed by atoms with Crippen molar-refractivity contribution >= 4 is 21.6 Å². The summed E-state index contributed by atoms with van der Waals surface area (Å²) < 4.78 is 7.23. The molecule has 1 unspecified atom stereocenters. The summed E-state index contributed by atoms with van der Waals surface area (Å²) in [6.07, 6.45) is 3.82. The average Bonchev–Trinajstić information content (AvgIpc) is 3.37. The summed E-state index contributed by atoms with van der Waals surface area (Å²) in [4.78, 5) is 19.5. The van der Waals surface area contributed by atoms with Gasteiger partial charge in [-0.1, -0.05) is 42.5 Å². The summed E-state index contributed by atoms with van der Waals surface area (Å²) in [6.45, 7) is 0.269. The number of hydrogen-bond acceptors (Lipinski definition) is 5. The molecule has 5 nitrogen and oxygen atoms in total. The number of aryl methyl sites for hydroxylation is 2. The number of thiophene rings is 1. The van der Waals surface area contributed by atoms with E-state index in [4.69, 9.17) is 4.74 Å². The van der Waals surface area contributed by atoms with Crippen LogP contribution < -0.4 is 10.3 Å². The minimum Gasteiger partial charge on any atom is -0.491 e. The van der Waals surface area contributed by atoms with Gasteiger partial charge in [-0.15, -0.1) is 11.3 Å². The highest BCUT2D eigenvalue weighted by Crippen LogP contribution is 2.34. The van der Waals surface area contributed by atoms with Crippen molar-refractivity contribution in [1.29, 1.82) is 0 Å². The maximum absolute atomic E-state index is 12.9. The first-order valence-corrected chi connectivity index (χ1v) is 11.0. The molecule has 5 rings (SSSR count). The fraction of sp³-hybridized carbons (Fsp3) is 0.250. The Bertz CT molecular complexity index is 1230. The van der Waals surface area contributed by atoms with Gasteiger partial charge in [0.05, 0.1) is 18.3 Å². The van der Waals surface area contributed by atoms with E-state index in [0.717, 1.165) is 46.2 Å². The number of ether oxygens (including phenoxy) is 1. The zero-order valence-electron chi connectivity index (χ0n) is 16.5. The van der Waals surface area contributed by atoms with E-state index in [1.54, 1.807) is 11.3 Å². The molecule has 0 aliphatic heterocycles. The van der Waals surface area contributed by atoms with Gasteiger partial charge in [-0.2, -0.15) is 0 Å². The lowest BCUT2D eigenvalue weighted by atomic mass is 10.1. The lowest BCUT2D eigenvalue weighted by molar-refractivity contribution is 0.0915. The third kappa shape index (κ3) is 3.64. The quantitative estimate of drug-likeness (QED) is 0.513. The van der Waals surface area contributed by atoms with Gasteiger partial charge in [0.15, 0.2) is 0 Å². The van der Waals surface area contributed by atoms with Crippen LogP contribution in [0.15, 0.2) is 65.7 Å². The molecular weight excluding hydrogens is 396 g/mol. The predicted octanol–water partition coefficient (Wildman–Crippen LogP) is 4.05. The summed E-state index contributed by atoms with van der Waals surface area (Å²) in [5.41, 5.74) is 3.35. The molecule has 1 N–H and O–H groups in total. The van der Waals surface area contributed by atoms with E-state index < -0.39 is 6.10 Å². The van der Waals surface area contributed by atoms with Gasteiger partial charge in [-0.25, -0.2) is 4.98 Å². The first kappa shape index (κ1) is 19.0. The molecule has 2 aromatic carbocycles. The van der Waals surface area contributed by atoms with E-state index >= 15 is 0 Å². The number of rotatable bonds is 6. The van der Waals surface area contributed by atoms with Crippen molar-refractivity contribution in [3.8, 4) is 16.9 Å². The highest BCUT2D eigenvalue weighted by atomic mass is 32.1. The normalized spacial score (nSPS) is 14.0. The molecule has 0 saturated carbocycles. The monoisotopic (exact) mass is 418 g/mol. The maximum atomic E-state index is 12.9. The Morgan fingerprint density at radius 2 is 1.83 bits per heavy atom. The van der Waals surface area contributed by atoms with Gasteiger partial charge in [0, 0.05) is 4.88 Å². The number of hydrogen-bond donors (Lipinski definition) is 1. The van der Waals surface area contributed by atoms with E-state index in [1.165, 1.54) is 15.8 Å². The van der Waals surface area contributed by atoms with Gasteiger partial charge in [0.2, 0.25) is 0 Å². The van der Waals surface area contributed by atoms with Crippen LogP contribution in [0.5, 0.6) is 5.75 Å². The van der Waals surface area contributed by atoms with Gasteiger partial charge >= 0.3 is 0 Å². The fourth-order valence-corrected chi connectivity index (χ4v) is 5.22. The standard InChI is InChI=1S/C24H22N2O3S/c27-18(14-29-19-11-9-17(10-12-19)16-5-2-1-3-6-16)13-26-15-25-23-22(24(26)28)20-7-4-8-21(20)30-23/h1-3,5-6,9-12,15,18,27H,4,7-8,13-14H2. The zero-order valence-corrected chi connectivity index (χ0v) is 17.3. The topological polar surface area (TPSA) is 64.4 Å². The van der Waals surface area contributed by atoms with Gasteiger partial charge in [-0.3, -0.25) is 9.36 Å². The van der Waals surface area contributed by atoms with E-state index in [1.807, 2.05) is 42.5 Å². The molecule has 30 heavy (non-hydrogen) atoms. The van der Waals surface area contributed by atoms with Crippen LogP contribution in [0, 0.1) is 0 Å². The van der Waals surface area contributed by atoms with Crippen LogP contribution in [0.25, 0.3) is 21.3 Å². The lowest BCUT2D eigenvalue weighted by Gasteiger charge is -2.14. The summed E-state index contributed by atoms with van der Waals surface area (Å²) in [5.74, 6) is 0.685. The lowest BCUT2D eigenvalue weighted by Crippen LogP contribution is -2.30. The molecule has 0 spiro atoms. The Morgan fingerprint density at radius 3 is 2.63 bits per heavy atom. The molecule has 0 radical (unpaired) electrons. The summed E-state index contributed by atoms with van der Waals surface area (Å²) in [6, 6.07) is 17.9. The molecule has 6 heteroatoms. The summed E-state index contributed by atoms with van der Waals surface area (Å²) in [5, 5.41) is 11.2. The smallest absolute Gasteiger partial charge is 0.262 e. The van der Waals surface area contributed by atoms with E-state index in [0.29, 0.717) is 5.75 Å². The van der Waals surface area contributed by atoms with Crippen LogP contribution in [0.4, 0.5) is 0 Å². The summed E-state index contributed by atoms with van der Waals surface area (Å²) >= 11 is 1.62. The number of aliphatic hydroxyl groups is 1. The minimum absolute atomic E-state index is 0.0642. The van der Waals surface area contributed by atoms with Gasteiger partial charge in [-0.05, 0) is 48.1 Å². The van der Waals surface area contributed by atoms with Crippen LogP contribution in [0.2, 0.25) is 0 Å². The second kappa shape index (κ2) is 8.05. The molecule has 1 atom stereocenters. The van der Waals surface area contributed by atoms with Gasteiger partial charge in [0.25, 0.3) is 5.56 Å². The van der Waals surface area contributed by atoms with Gasteiger partial charge < -0.3 is 9.84 Å². The highest BCUT2D eigenvalue weighted by Gasteiger charge is 2.21. The molecule has 0 amide bonds. The van der Waals surface area contributed by atoms with E-state index in [2.05, 4.69) is 17.1 Å². The molecule has 1 aliphatic carbocycles. The second-order valence-electron chi connectivity index (χ2n) is 7.59. The molecule has 152 valence electrons. The van der Waals surface area contributed by atoms with Crippen molar-refractivity contribution in [2.75, 3.05) is 6.61 Å². The zero-order chi connectivity index (χ0) is 20.5. The molecular formula is C24H22N2O3S. The first-order valence-electron chi connectivity index (χ1n) is 10.1. The first-order chi connectivity index (χ1) is 14.7. The SMILES string of the molecule is O=c1c2c3c(sc2ncn1CC(O)COc1ccc(-c2ccccc2)cc1)CCC3. The number of aliphatic hydroxyl groups excluding tert-OH is 1. The Kier molecular flexibility index (Phi) is 5.11. The summed E-state index contributed by atoms with van der Waals surface area (Å²) in [7, 11) is 0. The largest absolute Gasteiger partial charge is 0.491 e. The van der Waals surface area contributed by atoms with Crippen molar-refractivity contribution in [2.45, 2.75) is 31.9 Å². The van der Waals surface area contributed by atoms with Crippen molar-refractivity contribution in [2.24, 2.45) is 0 Å². The van der Waals surface area contributed by atoms with Crippen LogP contribution in [0.3, 0.4) is 0 Å². The van der Waals surface area contributed by atoms with Crippen LogP contribution >= 0.6 is 11.3 Å². The van der Waals surface area contributed by atoms with Crippen molar-refractivity contribution in [1.82, 2.24) is 9.55 Å². The van der Waals surface area contributed by atoms with Crippen LogP contribution in [0.1, 0.15) is 16.9 Å². The van der Waals surface area contributed by atoms with Crippen molar-refractivity contribution < 1.29 is 9.84 Å². The molecule has 0 fully saturated rings. The van der Waals surface area contributed by atoms with Gasteiger partial charge in [0.1, 0.15) is 23.3 Å². The fourth-order valence-electron chi connectivity index (χ4n) is 4.00. The van der Waals surface area contributed by atoms with E-state index in [9.17, 15) is 9.90 Å². The Labute approximate surface area is 178 Å². The third-order valence-electron chi connectivity index (χ3n) is 5.50. The van der Waals surface area contributed by atoms with Crippen LogP contribution in [-0.4, -0.2) is 27.4 Å². The molecule has 0 saturated heterocycles. The second-order valence-corrected chi connectivity index (χ2v) is 8.68. The molecule has 2 aromatic heterocycles. The van der Waals surface area contributed by atoms with E-state index in [-0.39, 0.29) is 18.7 Å². The Hall–Kier alpha value is -2.96. The number of aromatic nitrogens is 2. The average molecular weight is 419 g/mol. The highest BCUT2D eigenvalue weighted by molar-refractivity contribution is 7.18. The Morgan fingerprint density at radius 1 is 1.07 bits per heavy atom. The number of benzene rings is 2. The number of fused-ring (bicyclic) bond motifs is 3. The third-order valence-corrected chi connectivity index (χ3v) is 6.70. The van der Waals surface area contributed by atoms with Crippen molar-refractivity contribution in [3.63, 3.8) is 0 Å². The predicted molar refractivity (Wildman–Crippen MR) is 119 cm³/mol. The molecule has 1 aliphatic rings. The molecule has 2 heterocycles. The molecule has 4 aromatic rings. The maximum Gasteiger partial charge on any atom is 0.262 e. The number of nitrogens with zero attached hydrogens (tertiary/aromatic N) is 2. The molecule has 0 bridgehead atoms. The van der Waals surface area contributed by atoms with Crippen LogP contribution in [-0.2, 0) is 19.4 Å².